The van der Waals surface area contributed by atoms with Crippen LogP contribution in [0.3, 0.4) is 0 Å². The first-order chi connectivity index (χ1) is 7.93. The van der Waals surface area contributed by atoms with Crippen molar-refractivity contribution >= 4 is 23.4 Å². The number of ketones is 1. The highest BCUT2D eigenvalue weighted by Crippen LogP contribution is 2.38. The van der Waals surface area contributed by atoms with Crippen LogP contribution in [0.1, 0.15) is 15.9 Å². The van der Waals surface area contributed by atoms with Gasteiger partial charge in [-0.25, -0.2) is 4.79 Å². The molecule has 1 N–H and O–H groups in total. The molecule has 17 heavy (non-hydrogen) atoms. The van der Waals surface area contributed by atoms with Crippen LogP contribution in [0.5, 0.6) is 11.5 Å². The van der Waals surface area contributed by atoms with E-state index < -0.39 is 11.8 Å². The Bertz CT molecular complexity index is 481. The molecule has 0 bridgehead atoms. The van der Waals surface area contributed by atoms with Crippen molar-refractivity contribution in [3.05, 3.63) is 22.2 Å². The molecular weight excluding hydrogens is 248 g/mol. The summed E-state index contributed by atoms with van der Waals surface area (Å²) in [7, 11) is 2.71. The lowest BCUT2D eigenvalue weighted by atomic mass is 10.1. The van der Waals surface area contributed by atoms with Gasteiger partial charge in [0.05, 0.1) is 19.8 Å². The van der Waals surface area contributed by atoms with Gasteiger partial charge in [0.15, 0.2) is 11.5 Å². The second kappa shape index (κ2) is 5.05. The molecule has 0 radical (unpaired) electrons. The maximum Gasteiger partial charge on any atom is 0.377 e. The predicted molar refractivity (Wildman–Crippen MR) is 61.3 cm³/mol. The van der Waals surface area contributed by atoms with E-state index in [1.807, 2.05) is 0 Å². The van der Waals surface area contributed by atoms with Gasteiger partial charge in [-0.1, -0.05) is 11.6 Å². The zero-order valence-electron chi connectivity index (χ0n) is 9.54. The van der Waals surface area contributed by atoms with Gasteiger partial charge in [-0.05, 0) is 13.0 Å². The standard InChI is InChI=1S/C11H11ClO5/c1-5-7(12)4-6(8(13)11(14)15)10(17-3)9(5)16-2/h4H,1-3H3,(H,14,15). The topological polar surface area (TPSA) is 72.8 Å². The molecule has 0 saturated carbocycles. The lowest BCUT2D eigenvalue weighted by Crippen LogP contribution is -2.14. The van der Waals surface area contributed by atoms with E-state index in [1.54, 1.807) is 6.92 Å². The number of carbonyl (C=O) groups is 2. The first kappa shape index (κ1) is 13.3. The lowest BCUT2D eigenvalue weighted by molar-refractivity contribution is -0.131. The van der Waals surface area contributed by atoms with Gasteiger partial charge < -0.3 is 14.6 Å². The van der Waals surface area contributed by atoms with E-state index in [9.17, 15) is 9.59 Å². The van der Waals surface area contributed by atoms with Crippen LogP contribution in [-0.2, 0) is 4.79 Å². The van der Waals surface area contributed by atoms with Gasteiger partial charge in [0.1, 0.15) is 0 Å². The summed E-state index contributed by atoms with van der Waals surface area (Å²) in [5.41, 5.74) is 0.445. The second-order valence-corrected chi connectivity index (χ2v) is 3.64. The summed E-state index contributed by atoms with van der Waals surface area (Å²) in [6, 6.07) is 1.26. The van der Waals surface area contributed by atoms with E-state index in [0.29, 0.717) is 5.56 Å². The number of hydrogen-bond donors (Lipinski definition) is 1. The average Bonchev–Trinajstić information content (AvgIpc) is 2.30. The van der Waals surface area contributed by atoms with Crippen LogP contribution in [-0.4, -0.2) is 31.1 Å². The van der Waals surface area contributed by atoms with Crippen molar-refractivity contribution in [2.45, 2.75) is 6.92 Å². The Morgan fingerprint density at radius 3 is 2.18 bits per heavy atom. The number of halogens is 1. The van der Waals surface area contributed by atoms with Gasteiger partial charge >= 0.3 is 5.97 Å². The molecule has 0 spiro atoms. The van der Waals surface area contributed by atoms with Crippen molar-refractivity contribution < 1.29 is 24.2 Å². The van der Waals surface area contributed by atoms with E-state index in [0.717, 1.165) is 0 Å². The lowest BCUT2D eigenvalue weighted by Gasteiger charge is -2.14. The zero-order valence-corrected chi connectivity index (χ0v) is 10.3. The van der Waals surface area contributed by atoms with Gasteiger partial charge in [-0.2, -0.15) is 0 Å². The molecule has 0 aromatic heterocycles. The molecule has 0 atom stereocenters. The minimum atomic E-state index is -1.58. The van der Waals surface area contributed by atoms with Crippen molar-refractivity contribution in [1.82, 2.24) is 0 Å². The summed E-state index contributed by atoms with van der Waals surface area (Å²) in [6.07, 6.45) is 0. The first-order valence-electron chi connectivity index (χ1n) is 4.62. The fourth-order valence-corrected chi connectivity index (χ4v) is 1.63. The van der Waals surface area contributed by atoms with Gasteiger partial charge in [0, 0.05) is 10.6 Å². The van der Waals surface area contributed by atoms with Crippen molar-refractivity contribution in [2.75, 3.05) is 14.2 Å². The molecule has 0 aliphatic heterocycles. The summed E-state index contributed by atoms with van der Waals surface area (Å²) in [6.45, 7) is 1.68. The minimum Gasteiger partial charge on any atom is -0.493 e. The maximum absolute atomic E-state index is 11.5. The number of carboxylic acid groups (broad SMARTS) is 1. The molecule has 0 aliphatic carbocycles. The zero-order chi connectivity index (χ0) is 13.2. The van der Waals surface area contributed by atoms with Crippen LogP contribution in [0, 0.1) is 6.92 Å². The number of methoxy groups -OCH3 is 2. The van der Waals surface area contributed by atoms with Crippen LogP contribution in [0.4, 0.5) is 0 Å². The third kappa shape index (κ3) is 2.34. The normalized spacial score (nSPS) is 9.88. The van der Waals surface area contributed by atoms with Crippen LogP contribution in [0.25, 0.3) is 0 Å². The fourth-order valence-electron chi connectivity index (χ4n) is 1.43. The summed E-state index contributed by atoms with van der Waals surface area (Å²) >= 11 is 5.89. The highest BCUT2D eigenvalue weighted by Gasteiger charge is 2.25. The van der Waals surface area contributed by atoms with Crippen LogP contribution in [0.15, 0.2) is 6.07 Å². The number of hydrogen-bond acceptors (Lipinski definition) is 4. The van der Waals surface area contributed by atoms with E-state index in [-0.39, 0.29) is 22.1 Å². The van der Waals surface area contributed by atoms with Gasteiger partial charge in [0.2, 0.25) is 0 Å². The van der Waals surface area contributed by atoms with E-state index >= 15 is 0 Å². The van der Waals surface area contributed by atoms with Crippen molar-refractivity contribution in [1.29, 1.82) is 0 Å². The third-order valence-corrected chi connectivity index (χ3v) is 2.66. The number of benzene rings is 1. The molecule has 0 saturated heterocycles. The molecule has 0 unspecified atom stereocenters. The Labute approximate surface area is 103 Å². The van der Waals surface area contributed by atoms with Crippen molar-refractivity contribution in [3.8, 4) is 11.5 Å². The second-order valence-electron chi connectivity index (χ2n) is 3.23. The van der Waals surface area contributed by atoms with Gasteiger partial charge in [-0.3, -0.25) is 4.79 Å². The first-order valence-corrected chi connectivity index (χ1v) is 5.00. The van der Waals surface area contributed by atoms with E-state index in [1.165, 1.54) is 20.3 Å². The Balaban J connectivity index is 3.55. The highest BCUT2D eigenvalue weighted by molar-refractivity contribution is 6.41. The van der Waals surface area contributed by atoms with Crippen LogP contribution >= 0.6 is 11.6 Å². The Morgan fingerprint density at radius 2 is 1.76 bits per heavy atom. The summed E-state index contributed by atoms with van der Waals surface area (Å²) < 4.78 is 10.1. The molecule has 0 heterocycles. The number of ether oxygens (including phenoxy) is 2. The number of carbonyl (C=O) groups excluding carboxylic acids is 1. The number of rotatable bonds is 4. The molecule has 92 valence electrons. The summed E-state index contributed by atoms with van der Waals surface area (Å²) in [5.74, 6) is -2.35. The molecule has 0 fully saturated rings. The molecule has 0 amide bonds. The quantitative estimate of drug-likeness (QED) is 0.660. The monoisotopic (exact) mass is 258 g/mol. The minimum absolute atomic E-state index is 0.0711. The van der Waals surface area contributed by atoms with Crippen molar-refractivity contribution in [3.63, 3.8) is 0 Å². The molecule has 5 nitrogen and oxygen atoms in total. The van der Waals surface area contributed by atoms with Gasteiger partial charge in [-0.15, -0.1) is 0 Å². The highest BCUT2D eigenvalue weighted by atomic mass is 35.5. The van der Waals surface area contributed by atoms with E-state index in [4.69, 9.17) is 26.2 Å². The Hall–Kier alpha value is -1.75. The average molecular weight is 259 g/mol. The maximum atomic E-state index is 11.5. The fraction of sp³-hybridized carbons (Fsp3) is 0.273. The van der Waals surface area contributed by atoms with Crippen molar-refractivity contribution in [2.24, 2.45) is 0 Å². The SMILES string of the molecule is COc1c(C(=O)C(=O)O)cc(Cl)c(C)c1OC. The Kier molecular flexibility index (Phi) is 3.96. The molecule has 1 rings (SSSR count). The molecule has 1 aromatic rings. The smallest absolute Gasteiger partial charge is 0.377 e. The number of carboxylic acids is 1. The predicted octanol–water partition coefficient (Wildman–Crippen LogP) is 1.93. The largest absolute Gasteiger partial charge is 0.493 e. The van der Waals surface area contributed by atoms with Crippen LogP contribution in [0.2, 0.25) is 5.02 Å². The molecule has 1 aromatic carbocycles. The molecule has 6 heteroatoms. The summed E-state index contributed by atoms with van der Waals surface area (Å²) in [4.78, 5) is 22.1. The number of Topliss-reactive ketones (excluding diaryl/α,β-unsaturated/α-hetero) is 1. The van der Waals surface area contributed by atoms with Crippen LogP contribution < -0.4 is 9.47 Å². The summed E-state index contributed by atoms with van der Waals surface area (Å²) in [5, 5.41) is 8.93. The van der Waals surface area contributed by atoms with E-state index in [2.05, 4.69) is 0 Å². The Morgan fingerprint density at radius 1 is 1.24 bits per heavy atom. The number of aliphatic carboxylic acids is 1. The molecular formula is C11H11ClO5. The van der Waals surface area contributed by atoms with Gasteiger partial charge in [0.25, 0.3) is 5.78 Å². The third-order valence-electron chi connectivity index (χ3n) is 2.27. The molecule has 0 aliphatic rings.